The van der Waals surface area contributed by atoms with Crippen LogP contribution in [0.1, 0.15) is 59.6 Å². The second kappa shape index (κ2) is 9.36. The Bertz CT molecular complexity index is 944. The highest BCUT2D eigenvalue weighted by atomic mass is 16.3. The van der Waals surface area contributed by atoms with Crippen LogP contribution in [0.3, 0.4) is 0 Å². The fourth-order valence-corrected chi connectivity index (χ4v) is 4.29. The number of carbonyl (C=O) groups is 3. The topological polar surface area (TPSA) is 101 Å². The molecule has 2 aliphatic rings. The Morgan fingerprint density at radius 3 is 2.65 bits per heavy atom. The molecule has 2 aromatic heterocycles. The molecule has 0 atom stereocenters. The van der Waals surface area contributed by atoms with Crippen molar-refractivity contribution in [3.8, 4) is 0 Å². The van der Waals surface area contributed by atoms with E-state index in [-0.39, 0.29) is 30.6 Å². The zero-order valence-electron chi connectivity index (χ0n) is 17.9. The van der Waals surface area contributed by atoms with Gasteiger partial charge < -0.3 is 19.5 Å². The molecule has 2 aliphatic heterocycles. The Labute approximate surface area is 181 Å². The number of amides is 3. The van der Waals surface area contributed by atoms with Gasteiger partial charge in [-0.15, -0.1) is 0 Å². The number of furan rings is 1. The van der Waals surface area contributed by atoms with E-state index < -0.39 is 0 Å². The van der Waals surface area contributed by atoms with E-state index in [2.05, 4.69) is 10.4 Å². The molecule has 0 spiro atoms. The second-order valence-corrected chi connectivity index (χ2v) is 8.17. The van der Waals surface area contributed by atoms with Gasteiger partial charge >= 0.3 is 0 Å². The van der Waals surface area contributed by atoms with Crippen LogP contribution in [0.15, 0.2) is 22.8 Å². The van der Waals surface area contributed by atoms with Gasteiger partial charge in [-0.05, 0) is 31.4 Å². The predicted molar refractivity (Wildman–Crippen MR) is 112 cm³/mol. The second-order valence-electron chi connectivity index (χ2n) is 8.17. The van der Waals surface area contributed by atoms with E-state index in [0.717, 1.165) is 43.6 Å². The van der Waals surface area contributed by atoms with Crippen molar-refractivity contribution in [2.24, 2.45) is 7.05 Å². The number of rotatable bonds is 6. The Hall–Kier alpha value is -3.10. The predicted octanol–water partition coefficient (Wildman–Crippen LogP) is 1.62. The fraction of sp³-hybridized carbons (Fsp3) is 0.545. The van der Waals surface area contributed by atoms with Crippen LogP contribution in [0.2, 0.25) is 0 Å². The smallest absolute Gasteiger partial charge is 0.274 e. The highest BCUT2D eigenvalue weighted by Crippen LogP contribution is 2.25. The molecule has 9 nitrogen and oxygen atoms in total. The Balaban J connectivity index is 1.34. The maximum Gasteiger partial charge on any atom is 0.274 e. The molecule has 3 amide bonds. The minimum absolute atomic E-state index is 0.0387. The number of aryl methyl sites for hydroxylation is 1. The minimum Gasteiger partial charge on any atom is -0.467 e. The van der Waals surface area contributed by atoms with Crippen LogP contribution in [0.5, 0.6) is 0 Å². The van der Waals surface area contributed by atoms with Crippen LogP contribution >= 0.6 is 0 Å². The van der Waals surface area contributed by atoms with Gasteiger partial charge in [0.25, 0.3) is 5.91 Å². The van der Waals surface area contributed by atoms with Crippen molar-refractivity contribution in [2.75, 3.05) is 19.6 Å². The van der Waals surface area contributed by atoms with Crippen molar-refractivity contribution >= 4 is 17.7 Å². The lowest BCUT2D eigenvalue weighted by molar-refractivity contribution is -0.134. The summed E-state index contributed by atoms with van der Waals surface area (Å²) in [5.41, 5.74) is 2.33. The van der Waals surface area contributed by atoms with Crippen molar-refractivity contribution in [1.82, 2.24) is 24.9 Å². The largest absolute Gasteiger partial charge is 0.467 e. The highest BCUT2D eigenvalue weighted by Gasteiger charge is 2.31. The third kappa shape index (κ3) is 4.81. The summed E-state index contributed by atoms with van der Waals surface area (Å²) < 4.78 is 6.96. The third-order valence-corrected chi connectivity index (χ3v) is 6.05. The molecule has 0 bridgehead atoms. The van der Waals surface area contributed by atoms with E-state index in [4.69, 9.17) is 4.42 Å². The van der Waals surface area contributed by atoms with E-state index >= 15 is 0 Å². The van der Waals surface area contributed by atoms with Gasteiger partial charge in [0, 0.05) is 63.7 Å². The molecule has 4 heterocycles. The Morgan fingerprint density at radius 2 is 1.90 bits per heavy atom. The maximum absolute atomic E-state index is 13.0. The zero-order valence-corrected chi connectivity index (χ0v) is 17.9. The van der Waals surface area contributed by atoms with Gasteiger partial charge in [-0.3, -0.25) is 19.1 Å². The van der Waals surface area contributed by atoms with Gasteiger partial charge in [-0.2, -0.15) is 5.10 Å². The van der Waals surface area contributed by atoms with Crippen molar-refractivity contribution in [2.45, 2.75) is 51.6 Å². The number of piperidine rings is 1. The number of carbonyl (C=O) groups excluding carboxylic acids is 3. The molecule has 1 N–H and O–H groups in total. The molecule has 9 heteroatoms. The maximum atomic E-state index is 13.0. The molecule has 4 rings (SSSR count). The summed E-state index contributed by atoms with van der Waals surface area (Å²) in [4.78, 5) is 41.4. The number of fused-ring (bicyclic) bond motifs is 1. The van der Waals surface area contributed by atoms with Gasteiger partial charge in [0.05, 0.1) is 12.8 Å². The molecule has 0 aromatic carbocycles. The minimum atomic E-state index is -0.190. The number of aromatic nitrogens is 2. The van der Waals surface area contributed by atoms with Gasteiger partial charge in [0.1, 0.15) is 5.76 Å². The lowest BCUT2D eigenvalue weighted by Gasteiger charge is -2.29. The lowest BCUT2D eigenvalue weighted by atomic mass is 10.0. The van der Waals surface area contributed by atoms with E-state index in [9.17, 15) is 14.4 Å². The third-order valence-electron chi connectivity index (χ3n) is 6.05. The quantitative estimate of drug-likeness (QED) is 0.755. The molecular weight excluding hydrogens is 398 g/mol. The molecule has 31 heavy (non-hydrogen) atoms. The summed E-state index contributed by atoms with van der Waals surface area (Å²) in [7, 11) is 1.85. The first-order valence-electron chi connectivity index (χ1n) is 10.9. The average Bonchev–Trinajstić information content (AvgIpc) is 3.44. The van der Waals surface area contributed by atoms with Crippen LogP contribution in [0.25, 0.3) is 0 Å². The van der Waals surface area contributed by atoms with Gasteiger partial charge in [0.2, 0.25) is 11.8 Å². The SMILES string of the molecule is Cn1nc(C(=O)N2CCCCC2)c2c1CCN(C(=O)CCC(=O)NCc1ccco1)C2. The van der Waals surface area contributed by atoms with Gasteiger partial charge in [-0.25, -0.2) is 0 Å². The summed E-state index contributed by atoms with van der Waals surface area (Å²) in [5, 5.41) is 7.25. The zero-order chi connectivity index (χ0) is 21.8. The summed E-state index contributed by atoms with van der Waals surface area (Å²) in [5.74, 6) is 0.359. The van der Waals surface area contributed by atoms with E-state index in [1.54, 1.807) is 28.0 Å². The first-order chi connectivity index (χ1) is 15.0. The first kappa shape index (κ1) is 21.1. The number of likely N-dealkylation sites (tertiary alicyclic amines) is 1. The molecule has 2 aromatic rings. The summed E-state index contributed by atoms with van der Waals surface area (Å²) in [6.45, 7) is 2.77. The first-order valence-corrected chi connectivity index (χ1v) is 10.9. The van der Waals surface area contributed by atoms with E-state index in [1.807, 2.05) is 11.9 Å². The van der Waals surface area contributed by atoms with Gasteiger partial charge in [-0.1, -0.05) is 0 Å². The van der Waals surface area contributed by atoms with Crippen molar-refractivity contribution < 1.29 is 18.8 Å². The van der Waals surface area contributed by atoms with Crippen LogP contribution in [0, 0.1) is 0 Å². The Morgan fingerprint density at radius 1 is 1.10 bits per heavy atom. The molecule has 0 saturated carbocycles. The van der Waals surface area contributed by atoms with Crippen molar-refractivity contribution in [3.05, 3.63) is 41.1 Å². The summed E-state index contributed by atoms with van der Waals surface area (Å²) in [6.07, 6.45) is 5.66. The fourth-order valence-electron chi connectivity index (χ4n) is 4.29. The standard InChI is InChI=1S/C22H29N5O4/c1-25-18-9-12-27(20(29)8-7-19(28)23-14-16-6-5-13-31-16)15-17(18)21(24-25)22(30)26-10-3-2-4-11-26/h5-6,13H,2-4,7-12,14-15H2,1H3,(H,23,28). The molecule has 0 radical (unpaired) electrons. The number of hydrogen-bond donors (Lipinski definition) is 1. The average molecular weight is 428 g/mol. The molecule has 0 aliphatic carbocycles. The molecule has 1 saturated heterocycles. The van der Waals surface area contributed by atoms with Crippen molar-refractivity contribution in [3.63, 3.8) is 0 Å². The summed E-state index contributed by atoms with van der Waals surface area (Å²) >= 11 is 0. The summed E-state index contributed by atoms with van der Waals surface area (Å²) in [6, 6.07) is 3.55. The van der Waals surface area contributed by atoms with E-state index in [0.29, 0.717) is 37.5 Å². The molecule has 166 valence electrons. The molecule has 0 unspecified atom stereocenters. The Kier molecular flexibility index (Phi) is 6.39. The normalized spacial score (nSPS) is 16.2. The number of hydrogen-bond acceptors (Lipinski definition) is 5. The molecule has 1 fully saturated rings. The molecular formula is C22H29N5O4. The van der Waals surface area contributed by atoms with Crippen LogP contribution in [-0.4, -0.2) is 56.9 Å². The number of nitrogens with one attached hydrogen (secondary N) is 1. The monoisotopic (exact) mass is 427 g/mol. The van der Waals surface area contributed by atoms with Gasteiger partial charge in [0.15, 0.2) is 5.69 Å². The van der Waals surface area contributed by atoms with Crippen LogP contribution < -0.4 is 5.32 Å². The van der Waals surface area contributed by atoms with E-state index in [1.165, 1.54) is 0 Å². The number of nitrogens with zero attached hydrogens (tertiary/aromatic N) is 4. The van der Waals surface area contributed by atoms with Crippen LogP contribution in [0.4, 0.5) is 0 Å². The van der Waals surface area contributed by atoms with Crippen molar-refractivity contribution in [1.29, 1.82) is 0 Å². The highest BCUT2D eigenvalue weighted by molar-refractivity contribution is 5.94. The lowest BCUT2D eigenvalue weighted by Crippen LogP contribution is -2.39. The van der Waals surface area contributed by atoms with Crippen LogP contribution in [-0.2, 0) is 36.1 Å².